The van der Waals surface area contributed by atoms with E-state index in [1.165, 1.54) is 11.1 Å². The Morgan fingerprint density at radius 3 is 2.47 bits per heavy atom. The molecule has 0 saturated heterocycles. The van der Waals surface area contributed by atoms with Gasteiger partial charge in [0.1, 0.15) is 12.1 Å². The molecule has 0 spiro atoms. The highest BCUT2D eigenvalue weighted by atomic mass is 16.1. The number of carbonyl (C=O) groups excluding carboxylic acids is 2. The van der Waals surface area contributed by atoms with E-state index >= 15 is 0 Å². The minimum Gasteiger partial charge on any atom is -0.378 e. The Kier molecular flexibility index (Phi) is 5.74. The summed E-state index contributed by atoms with van der Waals surface area (Å²) in [5, 5.41) is 0. The molecule has 1 aromatic carbocycles. The van der Waals surface area contributed by atoms with E-state index in [4.69, 9.17) is 0 Å². The topological polar surface area (TPSA) is 37.4 Å². The molecule has 1 unspecified atom stereocenters. The Labute approximate surface area is 115 Å². The summed E-state index contributed by atoms with van der Waals surface area (Å²) in [4.78, 5) is 24.3. The Bertz CT molecular complexity index is 452. The molecule has 0 aliphatic rings. The first-order valence-electron chi connectivity index (χ1n) is 6.72. The zero-order chi connectivity index (χ0) is 14.4. The number of carbonyl (C=O) groups is 2. The molecule has 0 aromatic heterocycles. The van der Waals surface area contributed by atoms with Crippen molar-refractivity contribution >= 4 is 17.8 Å². The van der Waals surface area contributed by atoms with E-state index < -0.39 is 0 Å². The van der Waals surface area contributed by atoms with Crippen LogP contribution < -0.4 is 4.90 Å². The number of rotatable bonds is 7. The SMILES string of the molecule is CCc1cc(N(C)C)ccc1CC(CC=O)C(C)=O. The van der Waals surface area contributed by atoms with E-state index in [2.05, 4.69) is 30.0 Å². The predicted molar refractivity (Wildman–Crippen MR) is 78.7 cm³/mol. The van der Waals surface area contributed by atoms with E-state index in [0.29, 0.717) is 12.8 Å². The van der Waals surface area contributed by atoms with Gasteiger partial charge in [0, 0.05) is 32.1 Å². The number of Topliss-reactive ketones (excluding diaryl/α,β-unsaturated/α-hetero) is 1. The molecule has 3 heteroatoms. The third-order valence-electron chi connectivity index (χ3n) is 3.51. The number of hydrogen-bond donors (Lipinski definition) is 0. The number of anilines is 1. The van der Waals surface area contributed by atoms with Gasteiger partial charge in [-0.2, -0.15) is 0 Å². The second-order valence-electron chi connectivity index (χ2n) is 5.12. The first-order chi connectivity index (χ1) is 8.99. The fourth-order valence-corrected chi connectivity index (χ4v) is 2.19. The first kappa shape index (κ1) is 15.4. The molecule has 0 saturated carbocycles. The summed E-state index contributed by atoms with van der Waals surface area (Å²) in [6, 6.07) is 6.30. The van der Waals surface area contributed by atoms with Gasteiger partial charge in [-0.15, -0.1) is 0 Å². The quantitative estimate of drug-likeness (QED) is 0.708. The van der Waals surface area contributed by atoms with E-state index in [1.54, 1.807) is 6.92 Å². The van der Waals surface area contributed by atoms with Crippen molar-refractivity contribution in [3.8, 4) is 0 Å². The maximum Gasteiger partial charge on any atom is 0.133 e. The van der Waals surface area contributed by atoms with Gasteiger partial charge in [-0.3, -0.25) is 4.79 Å². The molecule has 19 heavy (non-hydrogen) atoms. The molecular formula is C16H23NO2. The van der Waals surface area contributed by atoms with Crippen LogP contribution in [-0.4, -0.2) is 26.2 Å². The molecule has 0 N–H and O–H groups in total. The van der Waals surface area contributed by atoms with Gasteiger partial charge in [0.2, 0.25) is 0 Å². The van der Waals surface area contributed by atoms with Crippen LogP contribution in [0.3, 0.4) is 0 Å². The van der Waals surface area contributed by atoms with Gasteiger partial charge in [0.15, 0.2) is 0 Å². The van der Waals surface area contributed by atoms with Gasteiger partial charge in [0.05, 0.1) is 0 Å². The molecule has 0 amide bonds. The smallest absolute Gasteiger partial charge is 0.133 e. The Hall–Kier alpha value is -1.64. The highest BCUT2D eigenvalue weighted by molar-refractivity contribution is 5.81. The van der Waals surface area contributed by atoms with Crippen LogP contribution in [0.1, 0.15) is 31.4 Å². The fraction of sp³-hybridized carbons (Fsp3) is 0.500. The van der Waals surface area contributed by atoms with Crippen LogP contribution in [0.4, 0.5) is 5.69 Å². The molecule has 3 nitrogen and oxygen atoms in total. The van der Waals surface area contributed by atoms with Gasteiger partial charge >= 0.3 is 0 Å². The van der Waals surface area contributed by atoms with Crippen molar-refractivity contribution in [3.05, 3.63) is 29.3 Å². The molecule has 1 aromatic rings. The number of aldehydes is 1. The van der Waals surface area contributed by atoms with Crippen molar-refractivity contribution in [1.82, 2.24) is 0 Å². The standard InChI is InChI=1S/C16H23NO2/c1-5-13-11-16(17(3)4)7-6-15(13)10-14(8-9-18)12(2)19/h6-7,9,11,14H,5,8,10H2,1-4H3. The number of nitrogens with zero attached hydrogens (tertiary/aromatic N) is 1. The van der Waals surface area contributed by atoms with Gasteiger partial charge < -0.3 is 9.69 Å². The molecular weight excluding hydrogens is 238 g/mol. The summed E-state index contributed by atoms with van der Waals surface area (Å²) in [7, 11) is 4.03. The number of benzene rings is 1. The van der Waals surface area contributed by atoms with Crippen molar-refractivity contribution in [2.75, 3.05) is 19.0 Å². The van der Waals surface area contributed by atoms with Gasteiger partial charge in [-0.05, 0) is 43.0 Å². The van der Waals surface area contributed by atoms with Crippen molar-refractivity contribution < 1.29 is 9.59 Å². The van der Waals surface area contributed by atoms with Crippen LogP contribution in [0.2, 0.25) is 0 Å². The summed E-state index contributed by atoms with van der Waals surface area (Å²) in [6.07, 6.45) is 2.74. The van der Waals surface area contributed by atoms with Crippen molar-refractivity contribution in [2.45, 2.75) is 33.1 Å². The molecule has 1 rings (SSSR count). The van der Waals surface area contributed by atoms with Gasteiger partial charge in [-0.25, -0.2) is 0 Å². The Balaban J connectivity index is 2.99. The normalized spacial score (nSPS) is 12.0. The molecule has 104 valence electrons. The minimum atomic E-state index is -0.187. The lowest BCUT2D eigenvalue weighted by molar-refractivity contribution is -0.123. The van der Waals surface area contributed by atoms with Crippen molar-refractivity contribution in [3.63, 3.8) is 0 Å². The van der Waals surface area contributed by atoms with E-state index in [0.717, 1.165) is 18.4 Å². The lowest BCUT2D eigenvalue weighted by atomic mass is 9.90. The average molecular weight is 261 g/mol. The highest BCUT2D eigenvalue weighted by Gasteiger charge is 2.16. The van der Waals surface area contributed by atoms with Crippen LogP contribution in [0.25, 0.3) is 0 Å². The van der Waals surface area contributed by atoms with Crippen LogP contribution in [0.5, 0.6) is 0 Å². The fourth-order valence-electron chi connectivity index (χ4n) is 2.19. The predicted octanol–water partition coefficient (Wildman–Crippen LogP) is 2.65. The molecule has 0 radical (unpaired) electrons. The largest absolute Gasteiger partial charge is 0.378 e. The maximum absolute atomic E-state index is 11.5. The summed E-state index contributed by atoms with van der Waals surface area (Å²) in [5.41, 5.74) is 3.59. The van der Waals surface area contributed by atoms with E-state index in [-0.39, 0.29) is 11.7 Å². The van der Waals surface area contributed by atoms with E-state index in [1.807, 2.05) is 14.1 Å². The minimum absolute atomic E-state index is 0.0887. The highest BCUT2D eigenvalue weighted by Crippen LogP contribution is 2.22. The molecule has 1 atom stereocenters. The molecule has 0 aliphatic heterocycles. The number of ketones is 1. The Morgan fingerprint density at radius 2 is 2.00 bits per heavy atom. The summed E-state index contributed by atoms with van der Waals surface area (Å²) < 4.78 is 0. The van der Waals surface area contributed by atoms with Gasteiger partial charge in [-0.1, -0.05) is 13.0 Å². The van der Waals surface area contributed by atoms with Crippen molar-refractivity contribution in [2.24, 2.45) is 5.92 Å². The van der Waals surface area contributed by atoms with Crippen LogP contribution in [-0.2, 0) is 22.4 Å². The second kappa shape index (κ2) is 7.07. The monoisotopic (exact) mass is 261 g/mol. The lowest BCUT2D eigenvalue weighted by Crippen LogP contribution is -2.16. The summed E-state index contributed by atoms with van der Waals surface area (Å²) in [5.74, 6) is -0.0983. The van der Waals surface area contributed by atoms with Crippen LogP contribution in [0, 0.1) is 5.92 Å². The lowest BCUT2D eigenvalue weighted by Gasteiger charge is -2.18. The molecule has 0 heterocycles. The zero-order valence-corrected chi connectivity index (χ0v) is 12.3. The third kappa shape index (κ3) is 4.19. The average Bonchev–Trinajstić information content (AvgIpc) is 2.38. The molecule has 0 fully saturated rings. The first-order valence-corrected chi connectivity index (χ1v) is 6.72. The Morgan fingerprint density at radius 1 is 1.32 bits per heavy atom. The molecule has 0 aliphatic carbocycles. The van der Waals surface area contributed by atoms with Crippen LogP contribution >= 0.6 is 0 Å². The zero-order valence-electron chi connectivity index (χ0n) is 12.3. The maximum atomic E-state index is 11.5. The van der Waals surface area contributed by atoms with Gasteiger partial charge in [0.25, 0.3) is 0 Å². The van der Waals surface area contributed by atoms with Crippen LogP contribution in [0.15, 0.2) is 18.2 Å². The summed E-state index contributed by atoms with van der Waals surface area (Å²) >= 11 is 0. The second-order valence-corrected chi connectivity index (χ2v) is 5.12. The number of aryl methyl sites for hydroxylation is 1. The summed E-state index contributed by atoms with van der Waals surface area (Å²) in [6.45, 7) is 3.68. The van der Waals surface area contributed by atoms with Crippen molar-refractivity contribution in [1.29, 1.82) is 0 Å². The third-order valence-corrected chi connectivity index (χ3v) is 3.51. The number of hydrogen-bond acceptors (Lipinski definition) is 3. The molecule has 0 bridgehead atoms. The van der Waals surface area contributed by atoms with E-state index in [9.17, 15) is 9.59 Å².